The second kappa shape index (κ2) is 6.79. The van der Waals surface area contributed by atoms with Gasteiger partial charge in [0, 0.05) is 0 Å². The second-order valence-electron chi connectivity index (χ2n) is 8.58. The number of nitrogens with zero attached hydrogens (tertiary/aromatic N) is 1. The van der Waals surface area contributed by atoms with Gasteiger partial charge in [0.15, 0.2) is 5.60 Å². The molecule has 0 radical (unpaired) electrons. The van der Waals surface area contributed by atoms with Gasteiger partial charge in [-0.25, -0.2) is 4.99 Å². The fourth-order valence-electron chi connectivity index (χ4n) is 4.48. The van der Waals surface area contributed by atoms with E-state index < -0.39 is 17.3 Å². The van der Waals surface area contributed by atoms with Gasteiger partial charge in [-0.2, -0.15) is 0 Å². The summed E-state index contributed by atoms with van der Waals surface area (Å²) in [6.07, 6.45) is -0.952. The summed E-state index contributed by atoms with van der Waals surface area (Å²) in [4.78, 5) is 4.86. The smallest absolute Gasteiger partial charge is 0.224 e. The molecule has 0 bridgehead atoms. The molecule has 2 atom stereocenters. The first-order valence-corrected chi connectivity index (χ1v) is 10.3. The van der Waals surface area contributed by atoms with E-state index in [4.69, 9.17) is 14.5 Å². The Morgan fingerprint density at radius 3 is 1.77 bits per heavy atom. The fraction of sp³-hybridized carbons (Fsp3) is 0.269. The molecule has 0 aliphatic carbocycles. The standard InChI is InChI=1S/C26H25NO3/c1-24(2)18-29-23(27-24)26(22(28)19-12-6-3-7-13-19)25(30-26,20-14-8-4-9-15-20)21-16-10-5-11-17-21/h3-17,22,28H,18H2,1-2H3/t22-,26+/m1/s1. The number of hydrogen-bond acceptors (Lipinski definition) is 4. The number of ether oxygens (including phenoxy) is 2. The van der Waals surface area contributed by atoms with E-state index in [2.05, 4.69) is 0 Å². The summed E-state index contributed by atoms with van der Waals surface area (Å²) in [6, 6.07) is 29.7. The van der Waals surface area contributed by atoms with Crippen molar-refractivity contribution in [3.05, 3.63) is 108 Å². The van der Waals surface area contributed by atoms with Gasteiger partial charge >= 0.3 is 0 Å². The molecule has 3 aromatic rings. The van der Waals surface area contributed by atoms with Crippen LogP contribution in [-0.2, 0) is 15.1 Å². The first-order chi connectivity index (χ1) is 14.5. The largest absolute Gasteiger partial charge is 0.476 e. The lowest BCUT2D eigenvalue weighted by Crippen LogP contribution is -2.40. The first-order valence-electron chi connectivity index (χ1n) is 10.3. The highest BCUT2D eigenvalue weighted by atomic mass is 16.7. The van der Waals surface area contributed by atoms with Crippen molar-refractivity contribution < 1.29 is 14.6 Å². The van der Waals surface area contributed by atoms with Crippen LogP contribution in [0.15, 0.2) is 96.0 Å². The summed E-state index contributed by atoms with van der Waals surface area (Å²) >= 11 is 0. The highest BCUT2D eigenvalue weighted by molar-refractivity contribution is 5.94. The predicted molar refractivity (Wildman–Crippen MR) is 116 cm³/mol. The van der Waals surface area contributed by atoms with Gasteiger partial charge in [0.25, 0.3) is 0 Å². The van der Waals surface area contributed by atoms with Crippen molar-refractivity contribution in [1.82, 2.24) is 0 Å². The topological polar surface area (TPSA) is 54.4 Å². The van der Waals surface area contributed by atoms with E-state index in [1.807, 2.05) is 105 Å². The molecular formula is C26H25NO3. The van der Waals surface area contributed by atoms with Gasteiger partial charge in [-0.3, -0.25) is 0 Å². The van der Waals surface area contributed by atoms with E-state index in [9.17, 15) is 5.11 Å². The van der Waals surface area contributed by atoms with Crippen LogP contribution in [0.2, 0.25) is 0 Å². The molecule has 0 spiro atoms. The van der Waals surface area contributed by atoms with Crippen molar-refractivity contribution in [1.29, 1.82) is 0 Å². The number of aliphatic imine (C=N–C) groups is 1. The first kappa shape index (κ1) is 19.0. The third-order valence-corrected chi connectivity index (χ3v) is 5.94. The predicted octanol–water partition coefficient (Wildman–Crippen LogP) is 4.64. The average molecular weight is 399 g/mol. The minimum absolute atomic E-state index is 0.371. The van der Waals surface area contributed by atoms with E-state index in [1.54, 1.807) is 0 Å². The maximum Gasteiger partial charge on any atom is 0.224 e. The van der Waals surface area contributed by atoms with Crippen molar-refractivity contribution >= 4 is 5.90 Å². The SMILES string of the molecule is CC1(C)COC([C@]2([C@H](O)c3ccccc3)OC2(c2ccccc2)c2ccccc2)=N1. The Labute approximate surface area is 176 Å². The van der Waals surface area contributed by atoms with Crippen LogP contribution in [0, 0.1) is 0 Å². The van der Waals surface area contributed by atoms with Gasteiger partial charge in [0.2, 0.25) is 11.5 Å². The Kier molecular flexibility index (Phi) is 4.31. The molecule has 1 N–H and O–H groups in total. The van der Waals surface area contributed by atoms with E-state index >= 15 is 0 Å². The Hall–Kier alpha value is -2.95. The highest BCUT2D eigenvalue weighted by Gasteiger charge is 2.80. The zero-order chi connectivity index (χ0) is 20.8. The summed E-state index contributed by atoms with van der Waals surface area (Å²) in [6.45, 7) is 4.50. The molecule has 0 aromatic heterocycles. The molecule has 3 aromatic carbocycles. The van der Waals surface area contributed by atoms with E-state index in [0.717, 1.165) is 16.7 Å². The lowest BCUT2D eigenvalue weighted by Gasteiger charge is -2.25. The van der Waals surface area contributed by atoms with Crippen molar-refractivity contribution in [3.8, 4) is 0 Å². The van der Waals surface area contributed by atoms with Gasteiger partial charge in [-0.05, 0) is 30.5 Å². The number of hydrogen-bond donors (Lipinski definition) is 1. The highest BCUT2D eigenvalue weighted by Crippen LogP contribution is 2.66. The molecule has 30 heavy (non-hydrogen) atoms. The summed E-state index contributed by atoms with van der Waals surface area (Å²) < 4.78 is 12.8. The molecule has 2 heterocycles. The van der Waals surface area contributed by atoms with Crippen LogP contribution >= 0.6 is 0 Å². The molecule has 1 saturated heterocycles. The molecule has 0 saturated carbocycles. The molecule has 2 aliphatic rings. The summed E-state index contributed by atoms with van der Waals surface area (Å²) in [5, 5.41) is 11.7. The van der Waals surface area contributed by atoms with Crippen LogP contribution in [0.4, 0.5) is 0 Å². The van der Waals surface area contributed by atoms with Gasteiger partial charge in [0.05, 0.1) is 5.54 Å². The number of aliphatic hydroxyl groups is 1. The van der Waals surface area contributed by atoms with Gasteiger partial charge in [-0.15, -0.1) is 0 Å². The minimum atomic E-state index is -1.15. The minimum Gasteiger partial charge on any atom is -0.476 e. The number of rotatable bonds is 5. The Balaban J connectivity index is 1.75. The van der Waals surface area contributed by atoms with Crippen LogP contribution in [0.3, 0.4) is 0 Å². The lowest BCUT2D eigenvalue weighted by atomic mass is 9.76. The van der Waals surface area contributed by atoms with Crippen molar-refractivity contribution in [2.24, 2.45) is 4.99 Å². The van der Waals surface area contributed by atoms with Crippen molar-refractivity contribution in [2.75, 3.05) is 6.61 Å². The molecule has 2 aliphatic heterocycles. The molecule has 152 valence electrons. The molecule has 4 heteroatoms. The Morgan fingerprint density at radius 2 is 1.30 bits per heavy atom. The van der Waals surface area contributed by atoms with Crippen LogP contribution < -0.4 is 0 Å². The van der Waals surface area contributed by atoms with Crippen LogP contribution in [0.5, 0.6) is 0 Å². The third-order valence-electron chi connectivity index (χ3n) is 5.94. The number of benzene rings is 3. The zero-order valence-corrected chi connectivity index (χ0v) is 17.2. The van der Waals surface area contributed by atoms with E-state index in [-0.39, 0.29) is 5.54 Å². The average Bonchev–Trinajstić information content (AvgIpc) is 3.38. The van der Waals surface area contributed by atoms with E-state index in [1.165, 1.54) is 0 Å². The molecular weight excluding hydrogens is 374 g/mol. The summed E-state index contributed by atoms with van der Waals surface area (Å²) in [7, 11) is 0. The quantitative estimate of drug-likeness (QED) is 0.636. The molecule has 1 fully saturated rings. The van der Waals surface area contributed by atoms with Crippen LogP contribution in [0.1, 0.15) is 36.6 Å². The third kappa shape index (κ3) is 2.72. The van der Waals surface area contributed by atoms with Crippen molar-refractivity contribution in [3.63, 3.8) is 0 Å². The molecule has 0 unspecified atom stereocenters. The van der Waals surface area contributed by atoms with Crippen LogP contribution in [-0.4, -0.2) is 28.8 Å². The Morgan fingerprint density at radius 1 is 0.800 bits per heavy atom. The number of epoxide rings is 1. The molecule has 4 nitrogen and oxygen atoms in total. The Bertz CT molecular complexity index is 1020. The maximum atomic E-state index is 11.7. The van der Waals surface area contributed by atoms with Crippen LogP contribution in [0.25, 0.3) is 0 Å². The zero-order valence-electron chi connectivity index (χ0n) is 17.2. The van der Waals surface area contributed by atoms with Gasteiger partial charge in [-0.1, -0.05) is 91.0 Å². The number of aliphatic hydroxyl groups excluding tert-OH is 1. The lowest BCUT2D eigenvalue weighted by molar-refractivity contribution is 0.0959. The van der Waals surface area contributed by atoms with E-state index in [0.29, 0.717) is 12.5 Å². The van der Waals surface area contributed by atoms with Gasteiger partial charge in [0.1, 0.15) is 12.7 Å². The summed E-state index contributed by atoms with van der Waals surface area (Å²) in [5.41, 5.74) is 0.269. The van der Waals surface area contributed by atoms with Crippen molar-refractivity contribution in [2.45, 2.75) is 36.7 Å². The second-order valence-corrected chi connectivity index (χ2v) is 8.58. The normalized spacial score (nSPS) is 24.6. The summed E-state index contributed by atoms with van der Waals surface area (Å²) in [5.74, 6) is 0.455. The molecule has 0 amide bonds. The fourth-order valence-corrected chi connectivity index (χ4v) is 4.48. The molecule has 5 rings (SSSR count). The van der Waals surface area contributed by atoms with Gasteiger partial charge < -0.3 is 14.6 Å². The maximum absolute atomic E-state index is 11.7. The monoisotopic (exact) mass is 399 g/mol.